The Morgan fingerprint density at radius 2 is 2.06 bits per heavy atom. The van der Waals surface area contributed by atoms with Crippen molar-refractivity contribution in [1.82, 2.24) is 0 Å². The molecule has 16 heavy (non-hydrogen) atoms. The first kappa shape index (κ1) is 12.2. The molecule has 0 heterocycles. The van der Waals surface area contributed by atoms with E-state index < -0.39 is 0 Å². The molecule has 4 heteroatoms. The number of nitrogens with one attached hydrogen (secondary N) is 1. The Hall–Kier alpha value is -1.84. The highest BCUT2D eigenvalue weighted by Gasteiger charge is 2.06. The van der Waals surface area contributed by atoms with Crippen molar-refractivity contribution in [2.45, 2.75) is 20.3 Å². The standard InChI is InChI=1S/C12H15NO3/c1-8-6-10(4-5-11(8)16-3)13-12(15)7-9(2)14/h4-6H,7H2,1-3H3,(H,13,15). The van der Waals surface area contributed by atoms with Gasteiger partial charge in [-0.2, -0.15) is 0 Å². The van der Waals surface area contributed by atoms with Crippen molar-refractivity contribution in [3.8, 4) is 5.75 Å². The van der Waals surface area contributed by atoms with Gasteiger partial charge < -0.3 is 10.1 Å². The van der Waals surface area contributed by atoms with Crippen molar-refractivity contribution in [3.05, 3.63) is 23.8 Å². The highest BCUT2D eigenvalue weighted by molar-refractivity contribution is 6.03. The number of carbonyl (C=O) groups is 2. The summed E-state index contributed by atoms with van der Waals surface area (Å²) in [7, 11) is 1.59. The molecule has 0 aliphatic carbocycles. The molecule has 0 fully saturated rings. The van der Waals surface area contributed by atoms with Crippen molar-refractivity contribution in [3.63, 3.8) is 0 Å². The molecule has 0 spiro atoms. The molecule has 4 nitrogen and oxygen atoms in total. The highest BCUT2D eigenvalue weighted by atomic mass is 16.5. The minimum atomic E-state index is -0.294. The van der Waals surface area contributed by atoms with Crippen LogP contribution in [0.4, 0.5) is 5.69 Å². The minimum Gasteiger partial charge on any atom is -0.496 e. The van der Waals surface area contributed by atoms with Crippen LogP contribution < -0.4 is 10.1 Å². The van der Waals surface area contributed by atoms with Gasteiger partial charge in [0.2, 0.25) is 5.91 Å². The molecule has 1 aromatic carbocycles. The fourth-order valence-electron chi connectivity index (χ4n) is 1.39. The molecule has 0 aliphatic heterocycles. The number of carbonyl (C=O) groups excluding carboxylic acids is 2. The maximum atomic E-state index is 11.3. The van der Waals surface area contributed by atoms with Gasteiger partial charge in [-0.1, -0.05) is 0 Å². The van der Waals surface area contributed by atoms with Crippen LogP contribution in [0.25, 0.3) is 0 Å². The van der Waals surface area contributed by atoms with Gasteiger partial charge >= 0.3 is 0 Å². The summed E-state index contributed by atoms with van der Waals surface area (Å²) in [6.45, 7) is 3.28. The van der Waals surface area contributed by atoms with Crippen molar-refractivity contribution in [2.24, 2.45) is 0 Å². The first-order chi connectivity index (χ1) is 7.52. The number of Topliss-reactive ketones (excluding diaryl/α,β-unsaturated/α-hetero) is 1. The molecule has 0 bridgehead atoms. The monoisotopic (exact) mass is 221 g/mol. The Bertz CT molecular complexity index is 413. The van der Waals surface area contributed by atoms with Gasteiger partial charge in [0, 0.05) is 5.69 Å². The zero-order valence-electron chi connectivity index (χ0n) is 9.66. The zero-order valence-corrected chi connectivity index (χ0v) is 9.66. The van der Waals surface area contributed by atoms with Gasteiger partial charge in [0.15, 0.2) is 0 Å². The van der Waals surface area contributed by atoms with Crippen LogP contribution in [0.5, 0.6) is 5.75 Å². The lowest BCUT2D eigenvalue weighted by molar-refractivity contribution is -0.124. The van der Waals surface area contributed by atoms with Crippen LogP contribution in [0.3, 0.4) is 0 Å². The molecule has 0 saturated heterocycles. The number of aryl methyl sites for hydroxylation is 1. The smallest absolute Gasteiger partial charge is 0.231 e. The SMILES string of the molecule is COc1ccc(NC(=O)CC(C)=O)cc1C. The molecular formula is C12H15NO3. The number of anilines is 1. The summed E-state index contributed by atoms with van der Waals surface area (Å²) in [5, 5.41) is 2.65. The molecule has 1 amide bonds. The summed E-state index contributed by atoms with van der Waals surface area (Å²) in [6, 6.07) is 5.32. The number of ether oxygens (including phenoxy) is 1. The van der Waals surface area contributed by atoms with Crippen LogP contribution in [-0.2, 0) is 9.59 Å². The lowest BCUT2D eigenvalue weighted by Gasteiger charge is -2.08. The van der Waals surface area contributed by atoms with E-state index in [9.17, 15) is 9.59 Å². The first-order valence-electron chi connectivity index (χ1n) is 4.97. The van der Waals surface area contributed by atoms with Gasteiger partial charge in [-0.05, 0) is 37.6 Å². The van der Waals surface area contributed by atoms with E-state index in [1.165, 1.54) is 6.92 Å². The summed E-state index contributed by atoms with van der Waals surface area (Å²) in [6.07, 6.45) is -0.0922. The number of benzene rings is 1. The zero-order chi connectivity index (χ0) is 12.1. The van der Waals surface area contributed by atoms with Gasteiger partial charge in [0.1, 0.15) is 11.5 Å². The van der Waals surface area contributed by atoms with Crippen LogP contribution in [0.15, 0.2) is 18.2 Å². The van der Waals surface area contributed by atoms with Crippen molar-refractivity contribution >= 4 is 17.4 Å². The van der Waals surface area contributed by atoms with E-state index in [2.05, 4.69) is 5.32 Å². The highest BCUT2D eigenvalue weighted by Crippen LogP contribution is 2.21. The van der Waals surface area contributed by atoms with E-state index in [0.29, 0.717) is 5.69 Å². The maximum absolute atomic E-state index is 11.3. The molecule has 1 N–H and O–H groups in total. The summed E-state index contributed by atoms with van der Waals surface area (Å²) in [5.41, 5.74) is 1.60. The number of methoxy groups -OCH3 is 1. The van der Waals surface area contributed by atoms with Gasteiger partial charge in [-0.25, -0.2) is 0 Å². The van der Waals surface area contributed by atoms with Crippen LogP contribution in [-0.4, -0.2) is 18.8 Å². The van der Waals surface area contributed by atoms with Crippen LogP contribution >= 0.6 is 0 Å². The van der Waals surface area contributed by atoms with E-state index in [-0.39, 0.29) is 18.1 Å². The van der Waals surface area contributed by atoms with E-state index in [0.717, 1.165) is 11.3 Å². The van der Waals surface area contributed by atoms with E-state index in [1.807, 2.05) is 6.92 Å². The van der Waals surface area contributed by atoms with Crippen LogP contribution in [0.1, 0.15) is 18.9 Å². The van der Waals surface area contributed by atoms with E-state index in [4.69, 9.17) is 4.74 Å². The Morgan fingerprint density at radius 1 is 1.38 bits per heavy atom. The third-order valence-corrected chi connectivity index (χ3v) is 2.09. The molecule has 0 saturated carbocycles. The van der Waals surface area contributed by atoms with Crippen molar-refractivity contribution in [2.75, 3.05) is 12.4 Å². The summed E-state index contributed by atoms with van der Waals surface area (Å²) in [4.78, 5) is 22.1. The molecule has 0 aromatic heterocycles. The average molecular weight is 221 g/mol. The van der Waals surface area contributed by atoms with Crippen molar-refractivity contribution in [1.29, 1.82) is 0 Å². The quantitative estimate of drug-likeness (QED) is 0.790. The van der Waals surface area contributed by atoms with Crippen molar-refractivity contribution < 1.29 is 14.3 Å². The van der Waals surface area contributed by atoms with Gasteiger partial charge in [-0.15, -0.1) is 0 Å². The molecule has 1 rings (SSSR count). The summed E-state index contributed by atoms with van der Waals surface area (Å²) < 4.78 is 5.10. The molecule has 0 atom stereocenters. The topological polar surface area (TPSA) is 55.4 Å². The maximum Gasteiger partial charge on any atom is 0.231 e. The second kappa shape index (κ2) is 5.30. The van der Waals surface area contributed by atoms with Gasteiger partial charge in [-0.3, -0.25) is 9.59 Å². The second-order valence-electron chi connectivity index (χ2n) is 3.61. The molecule has 0 aliphatic rings. The Balaban J connectivity index is 2.71. The number of ketones is 1. The van der Waals surface area contributed by atoms with Gasteiger partial charge in [0.25, 0.3) is 0 Å². The largest absolute Gasteiger partial charge is 0.496 e. The number of hydrogen-bond acceptors (Lipinski definition) is 3. The summed E-state index contributed by atoms with van der Waals surface area (Å²) >= 11 is 0. The Morgan fingerprint density at radius 3 is 2.56 bits per heavy atom. The molecule has 1 aromatic rings. The fourth-order valence-corrected chi connectivity index (χ4v) is 1.39. The second-order valence-corrected chi connectivity index (χ2v) is 3.61. The normalized spacial score (nSPS) is 9.69. The third-order valence-electron chi connectivity index (χ3n) is 2.09. The number of hydrogen-bond donors (Lipinski definition) is 1. The number of amides is 1. The molecule has 86 valence electrons. The van der Waals surface area contributed by atoms with Crippen LogP contribution in [0.2, 0.25) is 0 Å². The van der Waals surface area contributed by atoms with E-state index in [1.54, 1.807) is 25.3 Å². The predicted octanol–water partition coefficient (Wildman–Crippen LogP) is 1.92. The molecular weight excluding hydrogens is 206 g/mol. The van der Waals surface area contributed by atoms with Crippen LogP contribution in [0, 0.1) is 6.92 Å². The number of rotatable bonds is 4. The first-order valence-corrected chi connectivity index (χ1v) is 4.97. The molecule has 0 unspecified atom stereocenters. The molecule has 0 radical (unpaired) electrons. The predicted molar refractivity (Wildman–Crippen MR) is 61.7 cm³/mol. The lowest BCUT2D eigenvalue weighted by Crippen LogP contribution is -2.14. The Labute approximate surface area is 94.6 Å². The third kappa shape index (κ3) is 3.38. The average Bonchev–Trinajstić information content (AvgIpc) is 2.16. The van der Waals surface area contributed by atoms with Gasteiger partial charge in [0.05, 0.1) is 13.5 Å². The fraction of sp³-hybridized carbons (Fsp3) is 0.333. The summed E-state index contributed by atoms with van der Waals surface area (Å²) in [5.74, 6) is 0.323. The minimum absolute atomic E-state index is 0.0922. The van der Waals surface area contributed by atoms with E-state index >= 15 is 0 Å². The Kier molecular flexibility index (Phi) is 4.05. The lowest BCUT2D eigenvalue weighted by atomic mass is 10.2.